The standard InChI is InChI=1S/C30H40N8O2/c1-6-27(39)36-14-13-35(23(4)20-36)15-16-38-28(40)12-7-24-17-31-30(33-29(24)38)32-25-8-10-26(11-9-25)37-18-21(2)34(5)22(3)19-37/h6-12,17,21-23H,1,13-16,18-20H2,2-5H3,(H,31,32,33)/t21-,22-,23+/m1/s1. The molecule has 0 saturated carbocycles. The van der Waals surface area contributed by atoms with Crippen LogP contribution in [0, 0.1) is 0 Å². The van der Waals surface area contributed by atoms with E-state index in [1.165, 1.54) is 11.8 Å². The Hall–Kier alpha value is -3.76. The van der Waals surface area contributed by atoms with Gasteiger partial charge in [-0.2, -0.15) is 4.98 Å². The van der Waals surface area contributed by atoms with Crippen molar-refractivity contribution in [2.24, 2.45) is 0 Å². The number of rotatable bonds is 7. The summed E-state index contributed by atoms with van der Waals surface area (Å²) in [7, 11) is 2.19. The first-order chi connectivity index (χ1) is 19.2. The van der Waals surface area contributed by atoms with Crippen LogP contribution in [0.3, 0.4) is 0 Å². The number of carbonyl (C=O) groups excluding carboxylic acids is 1. The van der Waals surface area contributed by atoms with E-state index in [1.54, 1.807) is 22.9 Å². The van der Waals surface area contributed by atoms with E-state index in [4.69, 9.17) is 4.98 Å². The Kier molecular flexibility index (Phi) is 8.18. The molecule has 3 atom stereocenters. The molecule has 2 aliphatic rings. The number of hydrogen-bond donors (Lipinski definition) is 1. The van der Waals surface area contributed by atoms with Crippen LogP contribution in [0.1, 0.15) is 20.8 Å². The third kappa shape index (κ3) is 5.88. The molecular weight excluding hydrogens is 504 g/mol. The van der Waals surface area contributed by atoms with Crippen molar-refractivity contribution < 1.29 is 4.79 Å². The summed E-state index contributed by atoms with van der Waals surface area (Å²) in [6, 6.07) is 12.9. The van der Waals surface area contributed by atoms with E-state index in [0.717, 1.165) is 30.7 Å². The van der Waals surface area contributed by atoms with Crippen molar-refractivity contribution in [3.63, 3.8) is 0 Å². The molecule has 2 aromatic heterocycles. The topological polar surface area (TPSA) is 89.8 Å². The first-order valence-electron chi connectivity index (χ1n) is 14.1. The van der Waals surface area contributed by atoms with E-state index in [2.05, 4.69) is 71.5 Å². The molecule has 4 heterocycles. The summed E-state index contributed by atoms with van der Waals surface area (Å²) in [5, 5.41) is 4.12. The monoisotopic (exact) mass is 544 g/mol. The van der Waals surface area contributed by atoms with Crippen LogP contribution < -0.4 is 15.8 Å². The van der Waals surface area contributed by atoms with E-state index >= 15 is 0 Å². The molecule has 1 aromatic carbocycles. The fraction of sp³-hybridized carbons (Fsp3) is 0.467. The normalized spacial score (nSPS) is 22.4. The van der Waals surface area contributed by atoms with Gasteiger partial charge in [0.25, 0.3) is 5.56 Å². The molecule has 0 bridgehead atoms. The van der Waals surface area contributed by atoms with E-state index in [1.807, 2.05) is 17.0 Å². The highest BCUT2D eigenvalue weighted by atomic mass is 16.2. The lowest BCUT2D eigenvalue weighted by Crippen LogP contribution is -2.55. The highest BCUT2D eigenvalue weighted by molar-refractivity contribution is 5.87. The number of aromatic nitrogens is 3. The van der Waals surface area contributed by atoms with Crippen LogP contribution in [0.2, 0.25) is 0 Å². The number of nitrogens with one attached hydrogen (secondary N) is 1. The highest BCUT2D eigenvalue weighted by Gasteiger charge is 2.27. The van der Waals surface area contributed by atoms with E-state index < -0.39 is 0 Å². The molecule has 212 valence electrons. The molecule has 10 heteroatoms. The third-order valence-corrected chi connectivity index (χ3v) is 8.43. The fourth-order valence-electron chi connectivity index (χ4n) is 5.73. The van der Waals surface area contributed by atoms with Crippen molar-refractivity contribution >= 4 is 34.3 Å². The fourth-order valence-corrected chi connectivity index (χ4v) is 5.73. The summed E-state index contributed by atoms with van der Waals surface area (Å²) >= 11 is 0. The molecule has 0 aliphatic carbocycles. The van der Waals surface area contributed by atoms with Crippen LogP contribution in [0.25, 0.3) is 11.0 Å². The summed E-state index contributed by atoms with van der Waals surface area (Å²) in [5.41, 5.74) is 2.61. The van der Waals surface area contributed by atoms with E-state index in [-0.39, 0.29) is 17.5 Å². The van der Waals surface area contributed by atoms with Gasteiger partial charge >= 0.3 is 0 Å². The maximum atomic E-state index is 12.9. The zero-order chi connectivity index (χ0) is 28.4. The minimum absolute atomic E-state index is 0.0355. The van der Waals surface area contributed by atoms with Gasteiger partial charge < -0.3 is 15.1 Å². The molecule has 0 unspecified atom stereocenters. The van der Waals surface area contributed by atoms with Gasteiger partial charge in [-0.1, -0.05) is 6.58 Å². The lowest BCUT2D eigenvalue weighted by molar-refractivity contribution is -0.128. The largest absolute Gasteiger partial charge is 0.368 e. The number of piperazine rings is 2. The van der Waals surface area contributed by atoms with Gasteiger partial charge in [-0.15, -0.1) is 0 Å². The van der Waals surface area contributed by atoms with Gasteiger partial charge in [0.15, 0.2) is 0 Å². The van der Waals surface area contributed by atoms with E-state index in [0.29, 0.717) is 49.9 Å². The van der Waals surface area contributed by atoms with Crippen molar-refractivity contribution in [2.75, 3.05) is 56.5 Å². The molecule has 1 N–H and O–H groups in total. The minimum atomic E-state index is -0.0924. The number of anilines is 3. The Morgan fingerprint density at radius 3 is 2.40 bits per heavy atom. The molecule has 40 heavy (non-hydrogen) atoms. The molecule has 10 nitrogen and oxygen atoms in total. The zero-order valence-corrected chi connectivity index (χ0v) is 24.0. The zero-order valence-electron chi connectivity index (χ0n) is 24.0. The second-order valence-corrected chi connectivity index (χ2v) is 11.1. The smallest absolute Gasteiger partial charge is 0.252 e. The average Bonchev–Trinajstić information content (AvgIpc) is 2.95. The van der Waals surface area contributed by atoms with Gasteiger partial charge in [-0.05, 0) is 64.2 Å². The first-order valence-corrected chi connectivity index (χ1v) is 14.1. The van der Waals surface area contributed by atoms with Crippen molar-refractivity contribution in [2.45, 2.75) is 45.4 Å². The van der Waals surface area contributed by atoms with Gasteiger partial charge in [0, 0.05) is 93.0 Å². The van der Waals surface area contributed by atoms with Gasteiger partial charge in [0.2, 0.25) is 11.9 Å². The van der Waals surface area contributed by atoms with Crippen molar-refractivity contribution in [3.8, 4) is 0 Å². The molecule has 2 fully saturated rings. The van der Waals surface area contributed by atoms with Crippen molar-refractivity contribution in [3.05, 3.63) is 65.6 Å². The molecule has 0 radical (unpaired) electrons. The number of likely N-dealkylation sites (N-methyl/N-ethyl adjacent to an activating group) is 1. The van der Waals surface area contributed by atoms with Gasteiger partial charge in [0.1, 0.15) is 5.65 Å². The quantitative estimate of drug-likeness (QED) is 0.455. The van der Waals surface area contributed by atoms with E-state index in [9.17, 15) is 9.59 Å². The molecule has 3 aromatic rings. The second-order valence-electron chi connectivity index (χ2n) is 11.1. The maximum absolute atomic E-state index is 12.9. The lowest BCUT2D eigenvalue weighted by atomic mass is 10.1. The SMILES string of the molecule is C=CC(=O)N1CCN(CCn2c(=O)ccc3cnc(Nc4ccc(N5C[C@@H](C)N(C)[C@H](C)C5)cc4)nc32)[C@@H](C)C1. The Labute approximate surface area is 235 Å². The predicted molar refractivity (Wildman–Crippen MR) is 160 cm³/mol. The van der Waals surface area contributed by atoms with Crippen LogP contribution in [0.15, 0.2) is 60.0 Å². The van der Waals surface area contributed by atoms with Crippen LogP contribution in [-0.2, 0) is 11.3 Å². The maximum Gasteiger partial charge on any atom is 0.252 e. The summed E-state index contributed by atoms with van der Waals surface area (Å²) in [4.78, 5) is 43.1. The summed E-state index contributed by atoms with van der Waals surface area (Å²) < 4.78 is 1.72. The molecule has 5 rings (SSSR count). The van der Waals surface area contributed by atoms with Crippen LogP contribution >= 0.6 is 0 Å². The lowest BCUT2D eigenvalue weighted by Gasteiger charge is -2.43. The second kappa shape index (κ2) is 11.8. The van der Waals surface area contributed by atoms with Gasteiger partial charge in [-0.25, -0.2) is 4.98 Å². The molecular formula is C30H40N8O2. The van der Waals surface area contributed by atoms with Crippen LogP contribution in [-0.4, -0.2) is 99.6 Å². The number of hydrogen-bond acceptors (Lipinski definition) is 8. The molecule has 1 amide bonds. The highest BCUT2D eigenvalue weighted by Crippen LogP contribution is 2.24. The van der Waals surface area contributed by atoms with Crippen LogP contribution in [0.4, 0.5) is 17.3 Å². The number of amides is 1. The Bertz CT molecular complexity index is 1410. The summed E-state index contributed by atoms with van der Waals surface area (Å²) in [5.74, 6) is 0.415. The number of nitrogens with zero attached hydrogens (tertiary/aromatic N) is 7. The third-order valence-electron chi connectivity index (χ3n) is 8.43. The van der Waals surface area contributed by atoms with Crippen LogP contribution in [0.5, 0.6) is 0 Å². The molecule has 0 spiro atoms. The Morgan fingerprint density at radius 1 is 1.00 bits per heavy atom. The van der Waals surface area contributed by atoms with Gasteiger partial charge in [-0.3, -0.25) is 24.0 Å². The first kappa shape index (κ1) is 27.8. The summed E-state index contributed by atoms with van der Waals surface area (Å²) in [6.45, 7) is 15.5. The minimum Gasteiger partial charge on any atom is -0.368 e. The number of benzene rings is 1. The Balaban J connectivity index is 1.28. The Morgan fingerprint density at radius 2 is 1.73 bits per heavy atom. The number of pyridine rings is 1. The number of fused-ring (bicyclic) bond motifs is 1. The predicted octanol–water partition coefficient (Wildman–Crippen LogP) is 2.78. The number of carbonyl (C=O) groups is 1. The summed E-state index contributed by atoms with van der Waals surface area (Å²) in [6.07, 6.45) is 3.12. The molecule has 2 aliphatic heterocycles. The average molecular weight is 545 g/mol. The molecule has 2 saturated heterocycles. The van der Waals surface area contributed by atoms with Crippen molar-refractivity contribution in [1.82, 2.24) is 29.2 Å². The van der Waals surface area contributed by atoms with Crippen molar-refractivity contribution in [1.29, 1.82) is 0 Å². The van der Waals surface area contributed by atoms with Gasteiger partial charge in [0.05, 0.1) is 0 Å².